The van der Waals surface area contributed by atoms with Crippen molar-refractivity contribution in [3.63, 3.8) is 0 Å². The fourth-order valence-electron chi connectivity index (χ4n) is 2.73. The van der Waals surface area contributed by atoms with Gasteiger partial charge in [-0.3, -0.25) is 14.5 Å². The molecule has 2 aromatic rings. The maximum absolute atomic E-state index is 12.3. The number of nitrogens with one attached hydrogen (secondary N) is 1. The highest BCUT2D eigenvalue weighted by atomic mass is 32.1. The Bertz CT molecular complexity index is 694. The summed E-state index contributed by atoms with van der Waals surface area (Å²) in [7, 11) is 0. The molecule has 1 atom stereocenters. The second-order valence-corrected chi connectivity index (χ2v) is 6.65. The fourth-order valence-corrected chi connectivity index (χ4v) is 3.58. The molecule has 0 spiro atoms. The second-order valence-electron chi connectivity index (χ2n) is 5.76. The maximum Gasteiger partial charge on any atom is 0.261 e. The summed E-state index contributed by atoms with van der Waals surface area (Å²) < 4.78 is 0. The number of aromatic nitrogens is 1. The lowest BCUT2D eigenvalue weighted by Crippen LogP contribution is -2.44. The zero-order valence-electron chi connectivity index (χ0n) is 13.2. The first-order valence-corrected chi connectivity index (χ1v) is 8.55. The third-order valence-corrected chi connectivity index (χ3v) is 5.38. The Morgan fingerprint density at radius 2 is 1.87 bits per heavy atom. The molecule has 0 aliphatic carbocycles. The van der Waals surface area contributed by atoms with Crippen LogP contribution in [0.15, 0.2) is 35.8 Å². The number of rotatable bonds is 6. The van der Waals surface area contributed by atoms with Gasteiger partial charge < -0.3 is 5.32 Å². The van der Waals surface area contributed by atoms with Crippen LogP contribution in [0.3, 0.4) is 0 Å². The molecule has 0 bridgehead atoms. The molecule has 5 nitrogen and oxygen atoms in total. The number of hydrogen-bond acceptors (Lipinski definition) is 5. The van der Waals surface area contributed by atoms with E-state index in [2.05, 4.69) is 24.1 Å². The van der Waals surface area contributed by atoms with Gasteiger partial charge in [-0.15, -0.1) is 11.3 Å². The molecule has 1 aromatic carbocycles. The number of imide groups is 1. The molecule has 1 aromatic heterocycles. The third-order valence-electron chi connectivity index (χ3n) is 4.34. The van der Waals surface area contributed by atoms with Crippen LogP contribution in [0, 0.1) is 0 Å². The minimum Gasteiger partial charge on any atom is -0.304 e. The van der Waals surface area contributed by atoms with Crippen molar-refractivity contribution >= 4 is 23.2 Å². The highest BCUT2D eigenvalue weighted by molar-refractivity contribution is 7.09. The van der Waals surface area contributed by atoms with E-state index < -0.39 is 0 Å². The molecule has 0 saturated carbocycles. The summed E-state index contributed by atoms with van der Waals surface area (Å²) in [6.45, 7) is 5.08. The number of nitrogens with zero attached hydrogens (tertiary/aromatic N) is 2. The number of benzene rings is 1. The monoisotopic (exact) mass is 329 g/mol. The van der Waals surface area contributed by atoms with Gasteiger partial charge in [0.1, 0.15) is 5.01 Å². The van der Waals surface area contributed by atoms with Gasteiger partial charge in [0.25, 0.3) is 11.8 Å². The molecule has 0 saturated heterocycles. The van der Waals surface area contributed by atoms with E-state index in [1.165, 1.54) is 4.90 Å². The average molecular weight is 329 g/mol. The largest absolute Gasteiger partial charge is 0.304 e. The van der Waals surface area contributed by atoms with Crippen LogP contribution in [-0.2, 0) is 5.54 Å². The van der Waals surface area contributed by atoms with Gasteiger partial charge in [0.2, 0.25) is 0 Å². The van der Waals surface area contributed by atoms with Crippen LogP contribution >= 0.6 is 11.3 Å². The predicted octanol–water partition coefficient (Wildman–Crippen LogP) is 2.65. The lowest BCUT2D eigenvalue weighted by molar-refractivity contribution is 0.0651. The Labute approximate surface area is 139 Å². The van der Waals surface area contributed by atoms with Crippen molar-refractivity contribution < 1.29 is 9.59 Å². The summed E-state index contributed by atoms with van der Waals surface area (Å²) in [5, 5.41) is 6.41. The smallest absolute Gasteiger partial charge is 0.261 e. The van der Waals surface area contributed by atoms with Crippen LogP contribution in [0.2, 0.25) is 0 Å². The summed E-state index contributed by atoms with van der Waals surface area (Å²) in [5.41, 5.74) is 0.749. The Kier molecular flexibility index (Phi) is 4.28. The van der Waals surface area contributed by atoms with E-state index in [1.807, 2.05) is 5.38 Å². The Hall–Kier alpha value is -2.05. The Morgan fingerprint density at radius 1 is 1.22 bits per heavy atom. The molecule has 1 aliphatic heterocycles. The lowest BCUT2D eigenvalue weighted by atomic mass is 10.00. The van der Waals surface area contributed by atoms with Crippen molar-refractivity contribution in [2.75, 3.05) is 13.1 Å². The van der Waals surface area contributed by atoms with Gasteiger partial charge in [0.05, 0.1) is 16.7 Å². The number of carbonyl (C=O) groups excluding carboxylic acids is 2. The topological polar surface area (TPSA) is 62.3 Å². The van der Waals surface area contributed by atoms with Crippen LogP contribution in [0.4, 0.5) is 0 Å². The van der Waals surface area contributed by atoms with Crippen LogP contribution in [0.5, 0.6) is 0 Å². The van der Waals surface area contributed by atoms with E-state index in [1.54, 1.807) is 41.8 Å². The minimum atomic E-state index is -0.243. The highest BCUT2D eigenvalue weighted by Gasteiger charge is 2.35. The van der Waals surface area contributed by atoms with Crippen molar-refractivity contribution in [1.29, 1.82) is 0 Å². The predicted molar refractivity (Wildman–Crippen MR) is 89.6 cm³/mol. The summed E-state index contributed by atoms with van der Waals surface area (Å²) in [4.78, 5) is 30.4. The van der Waals surface area contributed by atoms with E-state index >= 15 is 0 Å². The van der Waals surface area contributed by atoms with Crippen molar-refractivity contribution in [3.05, 3.63) is 52.0 Å². The molecule has 23 heavy (non-hydrogen) atoms. The van der Waals surface area contributed by atoms with Crippen molar-refractivity contribution in [1.82, 2.24) is 15.2 Å². The number of amides is 2. The zero-order chi connectivity index (χ0) is 16.4. The molecule has 1 aliphatic rings. The average Bonchev–Trinajstić information content (AvgIpc) is 3.19. The van der Waals surface area contributed by atoms with Gasteiger partial charge in [-0.05, 0) is 25.5 Å². The molecule has 2 heterocycles. The van der Waals surface area contributed by atoms with Gasteiger partial charge in [0, 0.05) is 24.7 Å². The van der Waals surface area contributed by atoms with E-state index in [4.69, 9.17) is 0 Å². The van der Waals surface area contributed by atoms with Gasteiger partial charge >= 0.3 is 0 Å². The van der Waals surface area contributed by atoms with Crippen molar-refractivity contribution in [3.8, 4) is 0 Å². The maximum atomic E-state index is 12.3. The molecule has 0 unspecified atom stereocenters. The number of thiazole rings is 1. The van der Waals surface area contributed by atoms with Crippen LogP contribution in [-0.4, -0.2) is 34.8 Å². The van der Waals surface area contributed by atoms with Gasteiger partial charge in [-0.1, -0.05) is 19.1 Å². The second kappa shape index (κ2) is 6.22. The molecular weight excluding hydrogens is 310 g/mol. The van der Waals surface area contributed by atoms with Gasteiger partial charge in [-0.25, -0.2) is 4.98 Å². The summed E-state index contributed by atoms with van der Waals surface area (Å²) >= 11 is 1.61. The molecule has 0 fully saturated rings. The van der Waals surface area contributed by atoms with Crippen LogP contribution in [0.1, 0.15) is 46.0 Å². The first kappa shape index (κ1) is 15.8. The molecule has 120 valence electrons. The Balaban J connectivity index is 1.66. The van der Waals surface area contributed by atoms with E-state index in [0.29, 0.717) is 24.2 Å². The summed E-state index contributed by atoms with van der Waals surface area (Å²) in [6, 6.07) is 6.97. The normalized spacial score (nSPS) is 16.5. The molecular formula is C17H19N3O2S. The molecule has 3 rings (SSSR count). The minimum absolute atomic E-state index is 0.208. The van der Waals surface area contributed by atoms with Crippen molar-refractivity contribution in [2.24, 2.45) is 0 Å². The molecule has 6 heteroatoms. The fraction of sp³-hybridized carbons (Fsp3) is 0.353. The zero-order valence-corrected chi connectivity index (χ0v) is 14.0. The lowest BCUT2D eigenvalue weighted by Gasteiger charge is -2.28. The molecule has 2 amide bonds. The first-order valence-electron chi connectivity index (χ1n) is 7.67. The third kappa shape index (κ3) is 2.80. The van der Waals surface area contributed by atoms with Crippen molar-refractivity contribution in [2.45, 2.75) is 25.8 Å². The standard InChI is InChI=1S/C17H19N3O2S/c1-3-17(2,16-18-9-11-23-16)19-8-10-20-14(21)12-6-4-5-7-13(12)15(20)22/h4-7,9,11,19H,3,8,10H2,1-2H3/t17-/m1/s1. The highest BCUT2D eigenvalue weighted by Crippen LogP contribution is 2.26. The summed E-state index contributed by atoms with van der Waals surface area (Å²) in [5.74, 6) is -0.417. The van der Waals surface area contributed by atoms with Gasteiger partial charge in [0.15, 0.2) is 0 Å². The van der Waals surface area contributed by atoms with Crippen LogP contribution < -0.4 is 5.32 Å². The van der Waals surface area contributed by atoms with Gasteiger partial charge in [-0.2, -0.15) is 0 Å². The quantitative estimate of drug-likeness (QED) is 0.828. The number of carbonyl (C=O) groups is 2. The number of fused-ring (bicyclic) bond motifs is 1. The molecule has 0 radical (unpaired) electrons. The summed E-state index contributed by atoms with van der Waals surface area (Å²) in [6.07, 6.45) is 2.67. The first-order chi connectivity index (χ1) is 11.1. The van der Waals surface area contributed by atoms with Crippen LogP contribution in [0.25, 0.3) is 0 Å². The SMILES string of the molecule is CC[C@@](C)(NCCN1C(=O)c2ccccc2C1=O)c1nccs1. The van der Waals surface area contributed by atoms with E-state index in [0.717, 1.165) is 11.4 Å². The van der Waals surface area contributed by atoms with E-state index in [-0.39, 0.29) is 17.4 Å². The van der Waals surface area contributed by atoms with E-state index in [9.17, 15) is 9.59 Å². The Morgan fingerprint density at radius 3 is 2.39 bits per heavy atom. The molecule has 1 N–H and O–H groups in total. The number of hydrogen-bond donors (Lipinski definition) is 1.